The van der Waals surface area contributed by atoms with Crippen molar-refractivity contribution >= 4 is 17.6 Å². The van der Waals surface area contributed by atoms with Gasteiger partial charge in [0.05, 0.1) is 6.54 Å². The van der Waals surface area contributed by atoms with Crippen LogP contribution in [0.2, 0.25) is 0 Å². The summed E-state index contributed by atoms with van der Waals surface area (Å²) in [7, 11) is 0. The number of rotatable bonds is 6. The normalized spacial score (nSPS) is 18.4. The number of hydrogen-bond acceptors (Lipinski definition) is 6. The molecule has 2 saturated heterocycles. The van der Waals surface area contributed by atoms with Crippen molar-refractivity contribution in [2.45, 2.75) is 32.3 Å². The number of anilines is 1. The fourth-order valence-corrected chi connectivity index (χ4v) is 3.97. The van der Waals surface area contributed by atoms with Gasteiger partial charge in [0, 0.05) is 44.1 Å². The Balaban J connectivity index is 1.31. The molecule has 9 nitrogen and oxygen atoms in total. The molecular formula is C23H26N6O3. The Morgan fingerprint density at radius 1 is 1.19 bits per heavy atom. The molecule has 4 rings (SSSR count). The van der Waals surface area contributed by atoms with E-state index in [1.165, 1.54) is 18.0 Å². The van der Waals surface area contributed by atoms with Crippen molar-refractivity contribution in [2.24, 2.45) is 0 Å². The Morgan fingerprint density at radius 2 is 1.94 bits per heavy atom. The van der Waals surface area contributed by atoms with Gasteiger partial charge in [-0.25, -0.2) is 14.8 Å². The summed E-state index contributed by atoms with van der Waals surface area (Å²) in [5.74, 6) is 0.505. The number of urea groups is 1. The van der Waals surface area contributed by atoms with Gasteiger partial charge in [0.15, 0.2) is 0 Å². The zero-order chi connectivity index (χ0) is 22.7. The van der Waals surface area contributed by atoms with Crippen LogP contribution in [0.15, 0.2) is 36.7 Å². The molecule has 2 aromatic rings. The Bertz CT molecular complexity index is 1030. The lowest BCUT2D eigenvalue weighted by molar-refractivity contribution is -0.130. The van der Waals surface area contributed by atoms with Gasteiger partial charge in [-0.15, -0.1) is 0 Å². The van der Waals surface area contributed by atoms with Crippen molar-refractivity contribution in [3.63, 3.8) is 0 Å². The summed E-state index contributed by atoms with van der Waals surface area (Å²) < 4.78 is 5.79. The van der Waals surface area contributed by atoms with Crippen LogP contribution in [-0.4, -0.2) is 70.5 Å². The van der Waals surface area contributed by atoms with Crippen molar-refractivity contribution in [3.8, 4) is 11.9 Å². The third-order valence-electron chi connectivity index (χ3n) is 5.84. The molecular weight excluding hydrogens is 408 g/mol. The highest BCUT2D eigenvalue weighted by molar-refractivity contribution is 5.96. The molecule has 2 fully saturated rings. The summed E-state index contributed by atoms with van der Waals surface area (Å²) in [6.07, 6.45) is 3.28. The number of carbonyl (C=O) groups excluding carboxylic acids is 2. The van der Waals surface area contributed by atoms with Crippen molar-refractivity contribution in [3.05, 3.63) is 47.9 Å². The van der Waals surface area contributed by atoms with Crippen LogP contribution >= 0.6 is 0 Å². The molecule has 9 heteroatoms. The van der Waals surface area contributed by atoms with Gasteiger partial charge in [-0.1, -0.05) is 26.0 Å². The smallest absolute Gasteiger partial charge is 0.325 e. The van der Waals surface area contributed by atoms with Gasteiger partial charge in [0.25, 0.3) is 5.88 Å². The fourth-order valence-electron chi connectivity index (χ4n) is 3.97. The van der Waals surface area contributed by atoms with E-state index in [-0.39, 0.29) is 36.2 Å². The Kier molecular flexibility index (Phi) is 6.21. The van der Waals surface area contributed by atoms with Crippen LogP contribution in [0.25, 0.3) is 0 Å². The molecule has 3 heterocycles. The summed E-state index contributed by atoms with van der Waals surface area (Å²) in [6, 6.07) is 9.81. The molecule has 0 spiro atoms. The van der Waals surface area contributed by atoms with Gasteiger partial charge in [0.2, 0.25) is 11.6 Å². The molecule has 1 aromatic heterocycles. The van der Waals surface area contributed by atoms with Crippen LogP contribution in [0.5, 0.6) is 5.88 Å². The Morgan fingerprint density at radius 3 is 2.66 bits per heavy atom. The fraction of sp³-hybridized carbons (Fsp3) is 0.435. The average molecular weight is 435 g/mol. The van der Waals surface area contributed by atoms with Crippen LogP contribution in [0.4, 0.5) is 10.5 Å². The first-order chi connectivity index (χ1) is 15.5. The van der Waals surface area contributed by atoms with Crippen LogP contribution in [0, 0.1) is 11.3 Å². The summed E-state index contributed by atoms with van der Waals surface area (Å²) in [5, 5.41) is 9.12. The number of hydrogen-bond donors (Lipinski definition) is 0. The van der Waals surface area contributed by atoms with E-state index in [0.29, 0.717) is 38.5 Å². The molecule has 0 radical (unpaired) electrons. The second-order valence-electron chi connectivity index (χ2n) is 8.29. The highest BCUT2D eigenvalue weighted by atomic mass is 16.5. The predicted molar refractivity (Wildman–Crippen MR) is 117 cm³/mol. The molecule has 0 bridgehead atoms. The van der Waals surface area contributed by atoms with Crippen LogP contribution in [0.3, 0.4) is 0 Å². The number of nitriles is 1. The first kappa shape index (κ1) is 21.6. The number of benzene rings is 1. The van der Waals surface area contributed by atoms with Gasteiger partial charge in [0.1, 0.15) is 18.7 Å². The number of amides is 3. The lowest BCUT2D eigenvalue weighted by atomic mass is 10.0. The number of carbonyl (C=O) groups is 2. The third-order valence-corrected chi connectivity index (χ3v) is 5.84. The zero-order valence-corrected chi connectivity index (χ0v) is 18.3. The van der Waals surface area contributed by atoms with Crippen LogP contribution in [-0.2, 0) is 4.79 Å². The third kappa shape index (κ3) is 4.49. The van der Waals surface area contributed by atoms with E-state index >= 15 is 0 Å². The van der Waals surface area contributed by atoms with Gasteiger partial charge < -0.3 is 14.5 Å². The van der Waals surface area contributed by atoms with E-state index < -0.39 is 0 Å². The summed E-state index contributed by atoms with van der Waals surface area (Å²) >= 11 is 0. The molecule has 0 aliphatic carbocycles. The maximum atomic E-state index is 12.9. The molecule has 166 valence electrons. The maximum Gasteiger partial charge on any atom is 0.325 e. The van der Waals surface area contributed by atoms with Gasteiger partial charge in [-0.05, 0) is 23.6 Å². The molecule has 1 unspecified atom stereocenters. The second-order valence-corrected chi connectivity index (χ2v) is 8.29. The second kappa shape index (κ2) is 9.22. The van der Waals surface area contributed by atoms with Crippen molar-refractivity contribution < 1.29 is 14.3 Å². The zero-order valence-electron chi connectivity index (χ0n) is 18.3. The van der Waals surface area contributed by atoms with Crippen LogP contribution < -0.4 is 9.64 Å². The molecule has 2 aliphatic heterocycles. The molecule has 32 heavy (non-hydrogen) atoms. The molecule has 1 atom stereocenters. The predicted octanol–water partition coefficient (Wildman–Crippen LogP) is 2.39. The first-order valence-corrected chi connectivity index (χ1v) is 10.8. The topological polar surface area (TPSA) is 103 Å². The van der Waals surface area contributed by atoms with Gasteiger partial charge >= 0.3 is 6.03 Å². The largest absolute Gasteiger partial charge is 0.470 e. The first-order valence-electron chi connectivity index (χ1n) is 10.8. The van der Waals surface area contributed by atoms with E-state index in [2.05, 4.69) is 23.8 Å². The molecule has 0 N–H and O–H groups in total. The lowest BCUT2D eigenvalue weighted by Crippen LogP contribution is -2.42. The quantitative estimate of drug-likeness (QED) is 0.692. The summed E-state index contributed by atoms with van der Waals surface area (Å²) in [6.45, 7) is 6.30. The van der Waals surface area contributed by atoms with E-state index in [1.54, 1.807) is 14.7 Å². The Labute approximate surface area is 187 Å². The molecule has 1 aromatic carbocycles. The highest BCUT2D eigenvalue weighted by Crippen LogP contribution is 2.24. The standard InChI is InChI=1S/C23H26N6O3/c1-16(2)17-3-5-18(6-4-17)29-12-11-28(23(29)31)15-21(30)27-10-7-19(14-27)32-22-20(13-24)25-8-9-26-22/h3-6,8-9,16,19H,7,10-12,14-15H2,1-2H3. The van der Waals surface area contributed by atoms with Gasteiger partial charge in [-0.3, -0.25) is 9.69 Å². The summed E-state index contributed by atoms with van der Waals surface area (Å²) in [5.41, 5.74) is 2.20. The summed E-state index contributed by atoms with van der Waals surface area (Å²) in [4.78, 5) is 38.7. The van der Waals surface area contributed by atoms with Gasteiger partial charge in [-0.2, -0.15) is 5.26 Å². The highest BCUT2D eigenvalue weighted by Gasteiger charge is 2.34. The minimum absolute atomic E-state index is 0.0424. The Hall–Kier alpha value is -3.67. The molecule has 2 aliphatic rings. The van der Waals surface area contributed by atoms with Crippen LogP contribution in [0.1, 0.15) is 37.4 Å². The van der Waals surface area contributed by atoms with E-state index in [4.69, 9.17) is 10.00 Å². The van der Waals surface area contributed by atoms with E-state index in [0.717, 1.165) is 5.69 Å². The molecule has 3 amide bonds. The monoisotopic (exact) mass is 434 g/mol. The van der Waals surface area contributed by atoms with E-state index in [1.807, 2.05) is 30.3 Å². The number of ether oxygens (including phenoxy) is 1. The van der Waals surface area contributed by atoms with Crippen molar-refractivity contribution in [1.82, 2.24) is 19.8 Å². The number of nitrogens with zero attached hydrogens (tertiary/aromatic N) is 6. The van der Waals surface area contributed by atoms with Crippen molar-refractivity contribution in [1.29, 1.82) is 5.26 Å². The van der Waals surface area contributed by atoms with Crippen molar-refractivity contribution in [2.75, 3.05) is 37.6 Å². The van der Waals surface area contributed by atoms with E-state index in [9.17, 15) is 9.59 Å². The molecule has 0 saturated carbocycles. The minimum atomic E-state index is -0.256. The lowest BCUT2D eigenvalue weighted by Gasteiger charge is -2.22. The number of aromatic nitrogens is 2. The SMILES string of the molecule is CC(C)c1ccc(N2CCN(CC(=O)N3CCC(Oc4nccnc4C#N)C3)C2=O)cc1. The minimum Gasteiger partial charge on any atom is -0.470 e. The average Bonchev–Trinajstić information content (AvgIpc) is 3.41. The number of likely N-dealkylation sites (tertiary alicyclic amines) is 1. The maximum absolute atomic E-state index is 12.9.